The van der Waals surface area contributed by atoms with Gasteiger partial charge in [0.05, 0.1) is 12.0 Å². The summed E-state index contributed by atoms with van der Waals surface area (Å²) in [6, 6.07) is 4.24. The molecule has 0 radical (unpaired) electrons. The first-order chi connectivity index (χ1) is 8.57. The summed E-state index contributed by atoms with van der Waals surface area (Å²) >= 11 is 4.78. The largest absolute Gasteiger partial charge is 0.425 e. The highest BCUT2D eigenvalue weighted by Crippen LogP contribution is 2.42. The predicted octanol–water partition coefficient (Wildman–Crippen LogP) is 5.70. The van der Waals surface area contributed by atoms with Crippen LogP contribution < -0.4 is 4.18 Å². The summed E-state index contributed by atoms with van der Waals surface area (Å²) in [7, 11) is 0. The van der Waals surface area contributed by atoms with E-state index in [1.165, 1.54) is 23.2 Å². The van der Waals surface area contributed by atoms with Crippen LogP contribution in [0.25, 0.3) is 0 Å². The van der Waals surface area contributed by atoms with E-state index in [-0.39, 0.29) is 17.1 Å². The molecule has 1 aromatic rings. The predicted molar refractivity (Wildman–Crippen MR) is 85.7 cm³/mol. The first-order valence-corrected chi connectivity index (χ1v) is 7.71. The van der Waals surface area contributed by atoms with Crippen molar-refractivity contribution in [3.63, 3.8) is 0 Å². The van der Waals surface area contributed by atoms with Crippen LogP contribution in [0.1, 0.15) is 54.0 Å². The molecule has 0 aliphatic carbocycles. The van der Waals surface area contributed by atoms with Crippen LogP contribution in [0.5, 0.6) is 5.75 Å². The molecule has 1 aromatic carbocycles. The molecule has 18 heavy (non-hydrogen) atoms. The van der Waals surface area contributed by atoms with E-state index in [0.717, 1.165) is 10.2 Å². The van der Waals surface area contributed by atoms with Gasteiger partial charge in [-0.25, -0.2) is 0 Å². The number of benzene rings is 1. The van der Waals surface area contributed by atoms with Crippen molar-refractivity contribution in [1.82, 2.24) is 0 Å². The van der Waals surface area contributed by atoms with Crippen LogP contribution >= 0.6 is 28.0 Å². The number of hydrogen-bond acceptors (Lipinski definition) is 2. The number of rotatable bonds is 2. The minimum absolute atomic E-state index is 0.00169. The van der Waals surface area contributed by atoms with Crippen LogP contribution in [-0.4, -0.2) is 6.23 Å². The zero-order valence-electron chi connectivity index (χ0n) is 13.1. The van der Waals surface area contributed by atoms with Crippen LogP contribution in [0.15, 0.2) is 16.6 Å². The van der Waals surface area contributed by atoms with Gasteiger partial charge in [0.1, 0.15) is 5.75 Å². The van der Waals surface area contributed by atoms with E-state index in [1.807, 2.05) is 0 Å². The first-order valence-electron chi connectivity index (χ1n) is 6.71. The van der Waals surface area contributed by atoms with E-state index < -0.39 is 0 Å². The average molecular weight is 333 g/mol. The van der Waals surface area contributed by atoms with Crippen LogP contribution in [0.2, 0.25) is 0 Å². The Morgan fingerprint density at radius 1 is 1.06 bits per heavy atom. The van der Waals surface area contributed by atoms with Gasteiger partial charge in [-0.15, -0.1) is 0 Å². The Hall–Kier alpha value is -0.150. The first kappa shape index (κ1) is 14.3. The highest BCUT2D eigenvalue weighted by atomic mass is 79.9. The Kier molecular flexibility index (Phi) is 4.32. The molecule has 0 amide bonds. The highest BCUT2D eigenvalue weighted by Gasteiger charge is 2.27. The van der Waals surface area contributed by atoms with E-state index in [1.54, 1.807) is 0 Å². The fraction of sp³-hybridized carbons (Fsp3) is 0.600. The van der Waals surface area contributed by atoms with E-state index in [9.17, 15) is 0 Å². The van der Waals surface area contributed by atoms with Gasteiger partial charge in [0.15, 0.2) is 0 Å². The maximum absolute atomic E-state index is 7.28. The zero-order valence-corrected chi connectivity index (χ0v) is 14.5. The molecule has 0 aliphatic heterocycles. The summed E-state index contributed by atoms with van der Waals surface area (Å²) in [6.07, 6.45) is 0.198. The highest BCUT2D eigenvalue weighted by molar-refractivity contribution is 9.10. The molecule has 0 aliphatic rings. The number of halogens is 1. The van der Waals surface area contributed by atoms with Gasteiger partial charge in [-0.1, -0.05) is 57.5 Å². The third kappa shape index (κ3) is 3.67. The maximum atomic E-state index is 7.28. The summed E-state index contributed by atoms with van der Waals surface area (Å²) in [5.41, 5.74) is 2.35. The lowest BCUT2D eigenvalue weighted by Crippen LogP contribution is -2.18. The molecule has 0 saturated heterocycles. The van der Waals surface area contributed by atoms with E-state index in [0.29, 0.717) is 0 Å². The lowest BCUT2D eigenvalue weighted by molar-refractivity contribution is 0.511. The minimum atomic E-state index is 0.00169. The van der Waals surface area contributed by atoms with E-state index in [4.69, 9.17) is 5.55 Å². The monoisotopic (exact) mass is 332 g/mol. The fourth-order valence-corrected chi connectivity index (χ4v) is 2.61. The van der Waals surface area contributed by atoms with E-state index >= 15 is 0 Å². The second-order valence-corrected chi connectivity index (χ2v) is 7.85. The summed E-state index contributed by atoms with van der Waals surface area (Å²) in [5.74, 6) is 0.917. The molecule has 1 nitrogen and oxygen atoms in total. The molecule has 0 heterocycles. The molecule has 102 valence electrons. The second-order valence-electron chi connectivity index (χ2n) is 6.53. The van der Waals surface area contributed by atoms with Crippen molar-refractivity contribution < 1.29 is 5.55 Å². The molecule has 0 saturated carbocycles. The van der Waals surface area contributed by atoms with Gasteiger partial charge >= 0.3 is 0 Å². The molecule has 3 heteroatoms. The van der Waals surface area contributed by atoms with Gasteiger partial charge in [0, 0.05) is 23.2 Å². The van der Waals surface area contributed by atoms with Gasteiger partial charge < -0.3 is 4.18 Å². The van der Waals surface area contributed by atoms with Crippen molar-refractivity contribution in [2.24, 2.45) is 0 Å². The van der Waals surface area contributed by atoms with Gasteiger partial charge in [-0.2, -0.15) is 0 Å². The molecular weight excluding hydrogens is 308 g/mol. The zero-order chi connectivity index (χ0) is 14.8. The maximum Gasteiger partial charge on any atom is 0.144 e. The molecule has 0 spiro atoms. The van der Waals surface area contributed by atoms with Crippen LogP contribution in [0, 0.1) is 0 Å². The quantitative estimate of drug-likeness (QED) is 0.642. The Bertz CT molecular complexity index is 411. The Morgan fingerprint density at radius 3 is 1.83 bits per heavy atom. The summed E-state index contributed by atoms with van der Waals surface area (Å²) in [5, 5.41) is 0. The summed E-state index contributed by atoms with van der Waals surface area (Å²) < 4.78 is 14.2. The van der Waals surface area contributed by atoms with Crippen molar-refractivity contribution in [2.45, 2.75) is 52.4 Å². The van der Waals surface area contributed by atoms with Crippen LogP contribution in [0.4, 0.5) is 0 Å². The third-order valence-electron chi connectivity index (χ3n) is 2.81. The fourth-order valence-electron chi connectivity index (χ4n) is 1.86. The Morgan fingerprint density at radius 2 is 1.50 bits per heavy atom. The minimum Gasteiger partial charge on any atom is -0.425 e. The van der Waals surface area contributed by atoms with Gasteiger partial charge in [-0.05, 0) is 23.0 Å². The van der Waals surface area contributed by atoms with Crippen LogP contribution in [0.3, 0.4) is 0 Å². The molecular formula is C15H23BrOS. The van der Waals surface area contributed by atoms with Crippen LogP contribution in [-0.2, 0) is 10.8 Å². The molecule has 0 unspecified atom stereocenters. The Balaban J connectivity index is 3.49. The van der Waals surface area contributed by atoms with Crippen molar-refractivity contribution in [1.29, 1.82) is 0 Å². The summed E-state index contributed by atoms with van der Waals surface area (Å²) in [6.45, 7) is 13.1. The SMILES string of the molecule is [3H]CSOc1c(C(C)(C)C)cc(Br)cc1C(C)(C)C. The molecule has 0 N–H and O–H groups in total. The second kappa shape index (κ2) is 5.46. The van der Waals surface area contributed by atoms with Gasteiger partial charge in [-0.3, -0.25) is 0 Å². The smallest absolute Gasteiger partial charge is 0.144 e. The summed E-state index contributed by atoms with van der Waals surface area (Å²) in [4.78, 5) is 0. The standard InChI is InChI=1S/C15H23BrOS/c1-14(2,3)11-8-10(16)9-12(15(4,5)6)13(11)17-18-7/h8-9H,1-7H3/i7T. The van der Waals surface area contributed by atoms with E-state index in [2.05, 4.69) is 69.6 Å². The normalized spacial score (nSPS) is 13.4. The molecule has 0 fully saturated rings. The van der Waals surface area contributed by atoms with Gasteiger partial charge in [0.2, 0.25) is 0 Å². The topological polar surface area (TPSA) is 9.23 Å². The molecule has 0 atom stereocenters. The van der Waals surface area contributed by atoms with Crippen molar-refractivity contribution in [2.75, 3.05) is 6.23 Å². The van der Waals surface area contributed by atoms with Crippen molar-refractivity contribution in [3.8, 4) is 5.75 Å². The number of hydrogen-bond donors (Lipinski definition) is 0. The molecule has 1 rings (SSSR count). The van der Waals surface area contributed by atoms with Crippen molar-refractivity contribution in [3.05, 3.63) is 27.7 Å². The van der Waals surface area contributed by atoms with Crippen molar-refractivity contribution >= 4 is 28.0 Å². The third-order valence-corrected chi connectivity index (χ3v) is 3.55. The molecule has 0 aromatic heterocycles. The Labute approximate surface area is 125 Å². The lowest BCUT2D eigenvalue weighted by atomic mass is 9.79. The van der Waals surface area contributed by atoms with Gasteiger partial charge in [0.25, 0.3) is 0 Å². The average Bonchev–Trinajstić information content (AvgIpc) is 2.23. The lowest BCUT2D eigenvalue weighted by Gasteiger charge is -2.29. The molecule has 0 bridgehead atoms.